The number of benzene rings is 1. The number of halogens is 3. The van der Waals surface area contributed by atoms with Gasteiger partial charge in [-0.1, -0.05) is 23.2 Å². The van der Waals surface area contributed by atoms with E-state index >= 15 is 0 Å². The molecule has 1 aliphatic rings. The van der Waals surface area contributed by atoms with Crippen LogP contribution in [0.15, 0.2) is 12.1 Å². The van der Waals surface area contributed by atoms with Gasteiger partial charge in [0.05, 0.1) is 5.02 Å². The first-order chi connectivity index (χ1) is 8.97. The maximum Gasteiger partial charge on any atom is 0.142 e. The number of hydrogen-bond acceptors (Lipinski definition) is 2. The van der Waals surface area contributed by atoms with Crippen LogP contribution in [0, 0.1) is 5.82 Å². The SMILES string of the molecule is CC(NC1CCC(N)CC1)c1cc(F)c(Cl)cc1Cl. The van der Waals surface area contributed by atoms with Crippen molar-refractivity contribution in [2.75, 3.05) is 0 Å². The third kappa shape index (κ3) is 3.82. The second-order valence-electron chi connectivity index (χ2n) is 5.29. The van der Waals surface area contributed by atoms with Gasteiger partial charge in [0.15, 0.2) is 0 Å². The van der Waals surface area contributed by atoms with Gasteiger partial charge in [-0.15, -0.1) is 0 Å². The molecule has 1 aromatic carbocycles. The third-order valence-corrected chi connectivity index (χ3v) is 4.38. The predicted molar refractivity (Wildman–Crippen MR) is 78.2 cm³/mol. The van der Waals surface area contributed by atoms with Crippen LogP contribution < -0.4 is 11.1 Å². The van der Waals surface area contributed by atoms with Crippen molar-refractivity contribution < 1.29 is 4.39 Å². The Morgan fingerprint density at radius 1 is 1.21 bits per heavy atom. The van der Waals surface area contributed by atoms with Crippen LogP contribution >= 0.6 is 23.2 Å². The Hall–Kier alpha value is -0.350. The normalized spacial score (nSPS) is 25.3. The summed E-state index contributed by atoms with van der Waals surface area (Å²) < 4.78 is 13.5. The molecule has 2 nitrogen and oxygen atoms in total. The fourth-order valence-corrected chi connectivity index (χ4v) is 3.15. The molecule has 2 rings (SSSR count). The summed E-state index contributed by atoms with van der Waals surface area (Å²) in [5, 5.41) is 4.05. The number of rotatable bonds is 3. The molecule has 0 radical (unpaired) electrons. The lowest BCUT2D eigenvalue weighted by Gasteiger charge is -2.30. The topological polar surface area (TPSA) is 38.0 Å². The molecule has 0 spiro atoms. The molecule has 0 aromatic heterocycles. The van der Waals surface area contributed by atoms with E-state index in [1.54, 1.807) is 0 Å². The van der Waals surface area contributed by atoms with Gasteiger partial charge in [-0.3, -0.25) is 0 Å². The lowest BCUT2D eigenvalue weighted by Crippen LogP contribution is -2.38. The molecular weight excluding hydrogens is 286 g/mol. The van der Waals surface area contributed by atoms with E-state index in [2.05, 4.69) is 5.32 Å². The molecule has 1 saturated carbocycles. The van der Waals surface area contributed by atoms with Gasteiger partial charge in [0.2, 0.25) is 0 Å². The largest absolute Gasteiger partial charge is 0.328 e. The Kier molecular flexibility index (Phi) is 5.07. The molecule has 1 aromatic rings. The van der Waals surface area contributed by atoms with E-state index in [0.29, 0.717) is 17.1 Å². The molecule has 1 fully saturated rings. The lowest BCUT2D eigenvalue weighted by atomic mass is 9.91. The van der Waals surface area contributed by atoms with Gasteiger partial charge < -0.3 is 11.1 Å². The van der Waals surface area contributed by atoms with Gasteiger partial charge in [-0.25, -0.2) is 4.39 Å². The average molecular weight is 305 g/mol. The second kappa shape index (κ2) is 6.40. The summed E-state index contributed by atoms with van der Waals surface area (Å²) in [4.78, 5) is 0. The number of nitrogens with two attached hydrogens (primary N) is 1. The molecule has 1 atom stereocenters. The maximum atomic E-state index is 13.5. The first-order valence-corrected chi connectivity index (χ1v) is 7.39. The Bertz CT molecular complexity index is 445. The zero-order valence-corrected chi connectivity index (χ0v) is 12.4. The molecule has 0 bridgehead atoms. The third-order valence-electron chi connectivity index (χ3n) is 3.76. The van der Waals surface area contributed by atoms with Crippen LogP contribution in [0.3, 0.4) is 0 Å². The van der Waals surface area contributed by atoms with E-state index < -0.39 is 5.82 Å². The fourth-order valence-electron chi connectivity index (χ4n) is 2.60. The molecule has 0 amide bonds. The Balaban J connectivity index is 2.03. The van der Waals surface area contributed by atoms with Crippen LogP contribution in [0.5, 0.6) is 0 Å². The standard InChI is InChI=1S/C14H19Cl2FN2/c1-8(19-10-4-2-9(18)3-5-10)11-6-14(17)13(16)7-12(11)15/h6-10,19H,2-5,18H2,1H3. The summed E-state index contributed by atoms with van der Waals surface area (Å²) in [6, 6.07) is 3.62. The highest BCUT2D eigenvalue weighted by Crippen LogP contribution is 2.30. The minimum atomic E-state index is -0.430. The first kappa shape index (κ1) is 15.0. The van der Waals surface area contributed by atoms with Crippen molar-refractivity contribution in [3.8, 4) is 0 Å². The van der Waals surface area contributed by atoms with Gasteiger partial charge in [0.25, 0.3) is 0 Å². The van der Waals surface area contributed by atoms with E-state index in [4.69, 9.17) is 28.9 Å². The summed E-state index contributed by atoms with van der Waals surface area (Å²) in [6.45, 7) is 1.99. The highest BCUT2D eigenvalue weighted by Gasteiger charge is 2.21. The van der Waals surface area contributed by atoms with Gasteiger partial charge in [-0.2, -0.15) is 0 Å². The van der Waals surface area contributed by atoms with Crippen molar-refractivity contribution in [1.29, 1.82) is 0 Å². The van der Waals surface area contributed by atoms with Crippen LogP contribution in [-0.2, 0) is 0 Å². The van der Waals surface area contributed by atoms with Crippen LogP contribution in [0.2, 0.25) is 10.0 Å². The molecule has 0 saturated heterocycles. The fraction of sp³-hybridized carbons (Fsp3) is 0.571. The van der Waals surface area contributed by atoms with E-state index in [9.17, 15) is 4.39 Å². The van der Waals surface area contributed by atoms with E-state index in [1.165, 1.54) is 12.1 Å². The number of nitrogens with one attached hydrogen (secondary N) is 1. The summed E-state index contributed by atoms with van der Waals surface area (Å²) in [5.41, 5.74) is 6.63. The average Bonchev–Trinajstić information content (AvgIpc) is 2.36. The van der Waals surface area contributed by atoms with Gasteiger partial charge in [0, 0.05) is 23.1 Å². The summed E-state index contributed by atoms with van der Waals surface area (Å²) >= 11 is 11.8. The Morgan fingerprint density at radius 3 is 2.47 bits per heavy atom. The minimum Gasteiger partial charge on any atom is -0.328 e. The Morgan fingerprint density at radius 2 is 1.84 bits per heavy atom. The monoisotopic (exact) mass is 304 g/mol. The van der Waals surface area contributed by atoms with Gasteiger partial charge >= 0.3 is 0 Å². The summed E-state index contributed by atoms with van der Waals surface area (Å²) in [5.74, 6) is -0.430. The number of hydrogen-bond donors (Lipinski definition) is 2. The highest BCUT2D eigenvalue weighted by molar-refractivity contribution is 6.35. The van der Waals surface area contributed by atoms with Crippen LogP contribution in [-0.4, -0.2) is 12.1 Å². The van der Waals surface area contributed by atoms with Crippen LogP contribution in [0.25, 0.3) is 0 Å². The smallest absolute Gasteiger partial charge is 0.142 e. The second-order valence-corrected chi connectivity index (χ2v) is 6.10. The molecule has 19 heavy (non-hydrogen) atoms. The van der Waals surface area contributed by atoms with E-state index in [-0.39, 0.29) is 11.1 Å². The van der Waals surface area contributed by atoms with Crippen molar-refractivity contribution in [3.63, 3.8) is 0 Å². The van der Waals surface area contributed by atoms with E-state index in [0.717, 1.165) is 31.2 Å². The summed E-state index contributed by atoms with van der Waals surface area (Å²) in [7, 11) is 0. The minimum absolute atomic E-state index is 0.00130. The molecule has 0 aliphatic heterocycles. The van der Waals surface area contributed by atoms with Crippen molar-refractivity contribution in [2.24, 2.45) is 5.73 Å². The van der Waals surface area contributed by atoms with E-state index in [1.807, 2.05) is 6.92 Å². The predicted octanol–water partition coefficient (Wildman–Crippen LogP) is 4.05. The molecular formula is C14H19Cl2FN2. The van der Waals surface area contributed by atoms with Crippen molar-refractivity contribution >= 4 is 23.2 Å². The maximum absolute atomic E-state index is 13.5. The molecule has 3 N–H and O–H groups in total. The molecule has 106 valence electrons. The highest BCUT2D eigenvalue weighted by atomic mass is 35.5. The Labute approximate surface area is 123 Å². The first-order valence-electron chi connectivity index (χ1n) is 6.63. The van der Waals surface area contributed by atoms with Crippen molar-refractivity contribution in [3.05, 3.63) is 33.6 Å². The zero-order valence-electron chi connectivity index (χ0n) is 10.9. The molecule has 5 heteroatoms. The molecule has 0 heterocycles. The van der Waals surface area contributed by atoms with Crippen molar-refractivity contribution in [1.82, 2.24) is 5.32 Å². The summed E-state index contributed by atoms with van der Waals surface area (Å²) in [6.07, 6.45) is 4.18. The lowest BCUT2D eigenvalue weighted by molar-refractivity contribution is 0.322. The molecule has 1 unspecified atom stereocenters. The van der Waals surface area contributed by atoms with Gasteiger partial charge in [0.1, 0.15) is 5.82 Å². The molecule has 1 aliphatic carbocycles. The zero-order chi connectivity index (χ0) is 14.0. The quantitative estimate of drug-likeness (QED) is 0.827. The van der Waals surface area contributed by atoms with Crippen LogP contribution in [0.1, 0.15) is 44.2 Å². The van der Waals surface area contributed by atoms with Crippen molar-refractivity contribution in [2.45, 2.75) is 50.7 Å². The van der Waals surface area contributed by atoms with Crippen LogP contribution in [0.4, 0.5) is 4.39 Å². The van der Waals surface area contributed by atoms with Gasteiger partial charge in [-0.05, 0) is 50.3 Å².